The lowest BCUT2D eigenvalue weighted by Gasteiger charge is -2.20. The van der Waals surface area contributed by atoms with Crippen LogP contribution in [0.1, 0.15) is 29.0 Å². The molecule has 10 nitrogen and oxygen atoms in total. The fourth-order valence-corrected chi connectivity index (χ4v) is 2.91. The highest BCUT2D eigenvalue weighted by Crippen LogP contribution is 2.23. The van der Waals surface area contributed by atoms with Crippen LogP contribution in [-0.2, 0) is 4.79 Å². The van der Waals surface area contributed by atoms with E-state index in [4.69, 9.17) is 0 Å². The van der Waals surface area contributed by atoms with Gasteiger partial charge in [0.1, 0.15) is 6.04 Å². The van der Waals surface area contributed by atoms with Crippen LogP contribution in [0.4, 0.5) is 5.69 Å². The summed E-state index contributed by atoms with van der Waals surface area (Å²) in [4.78, 5) is 35.6. The summed E-state index contributed by atoms with van der Waals surface area (Å²) in [5.41, 5.74) is 0.724. The maximum Gasteiger partial charge on any atom is 0.326 e. The molecule has 1 atom stereocenters. The molecular weight excluding hydrogens is 330 g/mol. The van der Waals surface area contributed by atoms with Crippen LogP contribution >= 0.6 is 0 Å². The molecule has 0 bridgehead atoms. The van der Waals surface area contributed by atoms with Crippen molar-refractivity contribution in [3.8, 4) is 5.69 Å². The van der Waals surface area contributed by atoms with E-state index < -0.39 is 22.8 Å². The Hall–Kier alpha value is -3.30. The number of nitro benzene ring substituents is 1. The normalized spacial score (nSPS) is 16.8. The summed E-state index contributed by atoms with van der Waals surface area (Å²) in [6, 6.07) is 4.93. The predicted molar refractivity (Wildman–Crippen MR) is 84.4 cm³/mol. The summed E-state index contributed by atoms with van der Waals surface area (Å²) < 4.78 is 1.33. The molecule has 1 amide bonds. The van der Waals surface area contributed by atoms with E-state index in [9.17, 15) is 24.8 Å². The Balaban J connectivity index is 1.94. The van der Waals surface area contributed by atoms with Crippen LogP contribution in [0, 0.1) is 17.0 Å². The number of aliphatic carboxylic acids is 1. The van der Waals surface area contributed by atoms with Crippen molar-refractivity contribution in [1.29, 1.82) is 0 Å². The van der Waals surface area contributed by atoms with E-state index in [2.05, 4.69) is 10.3 Å². The summed E-state index contributed by atoms with van der Waals surface area (Å²) in [6.45, 7) is 1.96. The van der Waals surface area contributed by atoms with Gasteiger partial charge in [-0.25, -0.2) is 9.48 Å². The van der Waals surface area contributed by atoms with Gasteiger partial charge in [-0.15, -0.1) is 5.10 Å². The molecule has 1 aliphatic rings. The van der Waals surface area contributed by atoms with E-state index in [1.165, 1.54) is 27.8 Å². The van der Waals surface area contributed by atoms with E-state index in [1.807, 2.05) is 0 Å². The van der Waals surface area contributed by atoms with Gasteiger partial charge in [0.15, 0.2) is 5.69 Å². The van der Waals surface area contributed by atoms with Crippen molar-refractivity contribution in [3.05, 3.63) is 45.8 Å². The quantitative estimate of drug-likeness (QED) is 0.650. The SMILES string of the molecule is Cc1c(C(=O)N2CCCC2C(=O)O)nnn1-c1cccc([N+](=O)[O-])c1. The molecule has 0 aliphatic carbocycles. The van der Waals surface area contributed by atoms with Crippen LogP contribution in [0.2, 0.25) is 0 Å². The topological polar surface area (TPSA) is 131 Å². The van der Waals surface area contributed by atoms with E-state index in [-0.39, 0.29) is 11.4 Å². The number of hydrogen-bond donors (Lipinski definition) is 1. The summed E-state index contributed by atoms with van der Waals surface area (Å²) in [5, 5.41) is 27.9. The molecule has 0 radical (unpaired) electrons. The Bertz CT molecular complexity index is 862. The van der Waals surface area contributed by atoms with Gasteiger partial charge in [0.25, 0.3) is 11.6 Å². The molecule has 0 spiro atoms. The molecule has 1 aliphatic heterocycles. The number of aromatic nitrogens is 3. The molecule has 1 saturated heterocycles. The molecule has 1 aromatic carbocycles. The highest BCUT2D eigenvalue weighted by atomic mass is 16.6. The first kappa shape index (κ1) is 16.6. The Morgan fingerprint density at radius 3 is 2.84 bits per heavy atom. The number of nitrogens with zero attached hydrogens (tertiary/aromatic N) is 5. The monoisotopic (exact) mass is 345 g/mol. The lowest BCUT2D eigenvalue weighted by molar-refractivity contribution is -0.384. The average Bonchev–Trinajstić information content (AvgIpc) is 3.21. The minimum Gasteiger partial charge on any atom is -0.480 e. The molecule has 1 aromatic heterocycles. The molecule has 0 saturated carbocycles. The van der Waals surface area contributed by atoms with Crippen LogP contribution in [-0.4, -0.2) is 54.4 Å². The number of benzene rings is 1. The Morgan fingerprint density at radius 1 is 1.40 bits per heavy atom. The van der Waals surface area contributed by atoms with E-state index in [0.29, 0.717) is 30.8 Å². The third-order valence-electron chi connectivity index (χ3n) is 4.18. The number of rotatable bonds is 4. The maximum atomic E-state index is 12.6. The predicted octanol–water partition coefficient (Wildman–Crippen LogP) is 1.17. The minimum absolute atomic E-state index is 0.0413. The first-order chi connectivity index (χ1) is 11.9. The Morgan fingerprint density at radius 2 is 2.16 bits per heavy atom. The zero-order valence-corrected chi connectivity index (χ0v) is 13.3. The summed E-state index contributed by atoms with van der Waals surface area (Å²) in [7, 11) is 0. The van der Waals surface area contributed by atoms with Crippen molar-refractivity contribution < 1.29 is 19.6 Å². The van der Waals surface area contributed by atoms with Crippen LogP contribution < -0.4 is 0 Å². The number of likely N-dealkylation sites (tertiary alicyclic amines) is 1. The smallest absolute Gasteiger partial charge is 0.326 e. The van der Waals surface area contributed by atoms with Crippen molar-refractivity contribution in [2.75, 3.05) is 6.54 Å². The van der Waals surface area contributed by atoms with E-state index >= 15 is 0 Å². The minimum atomic E-state index is -1.05. The maximum absolute atomic E-state index is 12.6. The third kappa shape index (κ3) is 2.93. The van der Waals surface area contributed by atoms with Crippen molar-refractivity contribution in [2.24, 2.45) is 0 Å². The van der Waals surface area contributed by atoms with Crippen molar-refractivity contribution in [2.45, 2.75) is 25.8 Å². The van der Waals surface area contributed by atoms with Gasteiger partial charge in [0, 0.05) is 18.7 Å². The third-order valence-corrected chi connectivity index (χ3v) is 4.18. The summed E-state index contributed by atoms with van der Waals surface area (Å²) in [6.07, 6.45) is 1.01. The zero-order chi connectivity index (χ0) is 18.1. The van der Waals surface area contributed by atoms with Crippen molar-refractivity contribution >= 4 is 17.6 Å². The molecule has 25 heavy (non-hydrogen) atoms. The first-order valence-corrected chi connectivity index (χ1v) is 7.61. The van der Waals surface area contributed by atoms with Crippen molar-refractivity contribution in [1.82, 2.24) is 19.9 Å². The van der Waals surface area contributed by atoms with Crippen LogP contribution in [0.15, 0.2) is 24.3 Å². The molecule has 2 heterocycles. The fourth-order valence-electron chi connectivity index (χ4n) is 2.91. The summed E-state index contributed by atoms with van der Waals surface area (Å²) >= 11 is 0. The lowest BCUT2D eigenvalue weighted by Crippen LogP contribution is -2.40. The van der Waals surface area contributed by atoms with Gasteiger partial charge in [-0.2, -0.15) is 0 Å². The average molecular weight is 345 g/mol. The van der Waals surface area contributed by atoms with Crippen LogP contribution in [0.3, 0.4) is 0 Å². The second-order valence-corrected chi connectivity index (χ2v) is 5.71. The number of carbonyl (C=O) groups is 2. The van der Waals surface area contributed by atoms with E-state index in [1.54, 1.807) is 13.0 Å². The summed E-state index contributed by atoms with van der Waals surface area (Å²) in [5.74, 6) is -1.55. The molecule has 130 valence electrons. The Kier molecular flexibility index (Phi) is 4.17. The number of amides is 1. The zero-order valence-electron chi connectivity index (χ0n) is 13.3. The van der Waals surface area contributed by atoms with Gasteiger partial charge in [-0.1, -0.05) is 11.3 Å². The standard InChI is InChI=1S/C15H15N5O5/c1-9-13(14(21)18-7-3-6-12(18)15(22)23)16-17-19(9)10-4-2-5-11(8-10)20(24)25/h2,4-5,8,12H,3,6-7H2,1H3,(H,22,23). The lowest BCUT2D eigenvalue weighted by atomic mass is 10.2. The van der Waals surface area contributed by atoms with Crippen molar-refractivity contribution in [3.63, 3.8) is 0 Å². The largest absolute Gasteiger partial charge is 0.480 e. The Labute approximate surface area is 141 Å². The number of carbonyl (C=O) groups excluding carboxylic acids is 1. The fraction of sp³-hybridized carbons (Fsp3) is 0.333. The molecule has 1 N–H and O–H groups in total. The van der Waals surface area contributed by atoms with Crippen LogP contribution in [0.25, 0.3) is 5.69 Å². The highest BCUT2D eigenvalue weighted by Gasteiger charge is 2.36. The van der Waals surface area contributed by atoms with Gasteiger partial charge in [-0.3, -0.25) is 14.9 Å². The highest BCUT2D eigenvalue weighted by molar-refractivity contribution is 5.96. The number of hydrogen-bond acceptors (Lipinski definition) is 6. The second-order valence-electron chi connectivity index (χ2n) is 5.71. The number of carboxylic acids is 1. The second kappa shape index (κ2) is 6.30. The number of carboxylic acid groups (broad SMARTS) is 1. The van der Waals surface area contributed by atoms with E-state index in [0.717, 1.165) is 0 Å². The van der Waals surface area contributed by atoms with Gasteiger partial charge < -0.3 is 10.0 Å². The number of nitro groups is 1. The van der Waals surface area contributed by atoms with Gasteiger partial charge >= 0.3 is 5.97 Å². The van der Waals surface area contributed by atoms with Gasteiger partial charge in [0.2, 0.25) is 0 Å². The van der Waals surface area contributed by atoms with Gasteiger partial charge in [-0.05, 0) is 25.8 Å². The molecule has 1 fully saturated rings. The molecule has 3 rings (SSSR count). The molecule has 2 aromatic rings. The molecule has 10 heteroatoms. The van der Waals surface area contributed by atoms with Gasteiger partial charge in [0.05, 0.1) is 16.3 Å². The molecule has 1 unspecified atom stereocenters. The number of non-ortho nitro benzene ring substituents is 1. The first-order valence-electron chi connectivity index (χ1n) is 7.61. The molecular formula is C15H15N5O5. The van der Waals surface area contributed by atoms with Crippen LogP contribution in [0.5, 0.6) is 0 Å².